The van der Waals surface area contributed by atoms with E-state index >= 15 is 0 Å². The zero-order valence-electron chi connectivity index (χ0n) is 16.7. The molecule has 0 saturated heterocycles. The fourth-order valence-corrected chi connectivity index (χ4v) is 3.83. The average Bonchev–Trinajstić information content (AvgIpc) is 3.18. The van der Waals surface area contributed by atoms with Crippen LogP contribution in [0.3, 0.4) is 0 Å². The highest BCUT2D eigenvalue weighted by Crippen LogP contribution is 2.17. The van der Waals surface area contributed by atoms with Gasteiger partial charge >= 0.3 is 0 Å². The molecule has 6 heteroatoms. The van der Waals surface area contributed by atoms with Gasteiger partial charge in [-0.15, -0.1) is 11.8 Å². The zero-order valence-corrected chi connectivity index (χ0v) is 17.6. The summed E-state index contributed by atoms with van der Waals surface area (Å²) in [7, 11) is 0. The minimum absolute atomic E-state index is 0.0778. The van der Waals surface area contributed by atoms with E-state index in [-0.39, 0.29) is 5.91 Å². The molecule has 5 nitrogen and oxygen atoms in total. The number of carbonyl (C=O) groups is 1. The number of nitrogens with zero attached hydrogens (tertiary/aromatic N) is 2. The first-order valence-electron chi connectivity index (χ1n) is 9.80. The molecule has 2 heterocycles. The van der Waals surface area contributed by atoms with Crippen LogP contribution in [0.25, 0.3) is 5.65 Å². The topological polar surface area (TPSA) is 55.6 Å². The Hall–Kier alpha value is -3.25. The average molecular weight is 418 g/mol. The molecule has 2 aromatic carbocycles. The molecule has 0 fully saturated rings. The van der Waals surface area contributed by atoms with Crippen molar-refractivity contribution in [2.75, 3.05) is 12.3 Å². The molecular weight excluding hydrogens is 394 g/mol. The van der Waals surface area contributed by atoms with Crippen molar-refractivity contribution in [3.63, 3.8) is 0 Å². The van der Waals surface area contributed by atoms with Gasteiger partial charge in [0.15, 0.2) is 0 Å². The van der Waals surface area contributed by atoms with E-state index in [1.807, 2.05) is 59.3 Å². The highest BCUT2D eigenvalue weighted by Gasteiger charge is 2.07. The van der Waals surface area contributed by atoms with E-state index in [0.29, 0.717) is 24.5 Å². The maximum Gasteiger partial charge on any atom is 0.251 e. The predicted molar refractivity (Wildman–Crippen MR) is 120 cm³/mol. The minimum Gasteiger partial charge on any atom is -0.487 e. The number of carbonyl (C=O) groups excluding carboxylic acids is 1. The summed E-state index contributed by atoms with van der Waals surface area (Å²) in [6.45, 7) is 3.04. The molecular formula is C24H23N3O2S. The van der Waals surface area contributed by atoms with Crippen LogP contribution < -0.4 is 10.1 Å². The Bertz CT molecular complexity index is 1120. The third kappa shape index (κ3) is 5.21. The fourth-order valence-electron chi connectivity index (χ4n) is 3.04. The maximum absolute atomic E-state index is 12.3. The third-order valence-electron chi connectivity index (χ3n) is 4.55. The monoisotopic (exact) mass is 417 g/mol. The number of thioether (sulfide) groups is 1. The minimum atomic E-state index is -0.0778. The quantitative estimate of drug-likeness (QED) is 0.332. The molecule has 0 aliphatic carbocycles. The number of aromatic nitrogens is 2. The van der Waals surface area contributed by atoms with Crippen molar-refractivity contribution < 1.29 is 9.53 Å². The smallest absolute Gasteiger partial charge is 0.251 e. The highest BCUT2D eigenvalue weighted by molar-refractivity contribution is 7.99. The van der Waals surface area contributed by atoms with Crippen molar-refractivity contribution >= 4 is 23.3 Å². The van der Waals surface area contributed by atoms with E-state index in [9.17, 15) is 4.79 Å². The molecule has 4 aromatic rings. The van der Waals surface area contributed by atoms with Gasteiger partial charge in [0.2, 0.25) is 0 Å². The largest absolute Gasteiger partial charge is 0.487 e. The molecule has 152 valence electrons. The molecule has 0 spiro atoms. The van der Waals surface area contributed by atoms with Crippen molar-refractivity contribution in [3.05, 3.63) is 95.9 Å². The highest BCUT2D eigenvalue weighted by atomic mass is 32.2. The number of aryl methyl sites for hydroxylation is 1. The molecule has 0 aliphatic rings. The molecule has 1 amide bonds. The van der Waals surface area contributed by atoms with Crippen molar-refractivity contribution in [2.45, 2.75) is 18.4 Å². The lowest BCUT2D eigenvalue weighted by Gasteiger charge is -2.07. The predicted octanol–water partition coefficient (Wildman–Crippen LogP) is 4.74. The third-order valence-corrected chi connectivity index (χ3v) is 5.57. The second kappa shape index (κ2) is 9.50. The Kier molecular flexibility index (Phi) is 6.35. The van der Waals surface area contributed by atoms with Gasteiger partial charge in [0.05, 0.1) is 5.69 Å². The Morgan fingerprint density at radius 3 is 2.63 bits per heavy atom. The van der Waals surface area contributed by atoms with Gasteiger partial charge in [0, 0.05) is 35.2 Å². The van der Waals surface area contributed by atoms with Gasteiger partial charge in [0.1, 0.15) is 18.0 Å². The van der Waals surface area contributed by atoms with Crippen molar-refractivity contribution in [3.8, 4) is 5.75 Å². The van der Waals surface area contributed by atoms with E-state index in [2.05, 4.69) is 29.4 Å². The second-order valence-corrected chi connectivity index (χ2v) is 8.10. The number of hydrogen-bond acceptors (Lipinski definition) is 4. The van der Waals surface area contributed by atoms with Crippen LogP contribution in [0.2, 0.25) is 0 Å². The first-order chi connectivity index (χ1) is 14.7. The van der Waals surface area contributed by atoms with E-state index < -0.39 is 0 Å². The summed E-state index contributed by atoms with van der Waals surface area (Å²) in [5.74, 6) is 1.46. The Morgan fingerprint density at radius 1 is 1.03 bits per heavy atom. The summed E-state index contributed by atoms with van der Waals surface area (Å²) in [6, 6.07) is 21.4. The van der Waals surface area contributed by atoms with Gasteiger partial charge in [-0.05, 0) is 55.0 Å². The van der Waals surface area contributed by atoms with Crippen LogP contribution in [0, 0.1) is 6.92 Å². The number of ether oxygens (including phenoxy) is 1. The summed E-state index contributed by atoms with van der Waals surface area (Å²) in [6.07, 6.45) is 4.01. The van der Waals surface area contributed by atoms with Crippen molar-refractivity contribution in [1.29, 1.82) is 0 Å². The summed E-state index contributed by atoms with van der Waals surface area (Å²) in [5, 5.41) is 2.95. The molecule has 0 saturated carbocycles. The standard InChI is InChI=1S/C24H23N3O2S/c1-18-7-12-23-26-20(16-27(23)15-18)17-29-21-10-8-19(9-11-21)24(28)25-13-14-30-22-5-3-2-4-6-22/h2-12,15-16H,13-14,17H2,1H3,(H,25,28). The molecule has 2 aromatic heterocycles. The second-order valence-electron chi connectivity index (χ2n) is 6.93. The van der Waals surface area contributed by atoms with Crippen LogP contribution in [0.5, 0.6) is 5.75 Å². The number of benzene rings is 2. The Morgan fingerprint density at radius 2 is 1.83 bits per heavy atom. The maximum atomic E-state index is 12.3. The van der Waals surface area contributed by atoms with Gasteiger partial charge in [0.25, 0.3) is 5.91 Å². The van der Waals surface area contributed by atoms with Crippen LogP contribution in [0.1, 0.15) is 21.6 Å². The molecule has 0 bridgehead atoms. The number of imidazole rings is 1. The van der Waals surface area contributed by atoms with Gasteiger partial charge in [-0.1, -0.05) is 24.3 Å². The number of fused-ring (bicyclic) bond motifs is 1. The first-order valence-corrected chi connectivity index (χ1v) is 10.8. The van der Waals surface area contributed by atoms with Crippen LogP contribution >= 0.6 is 11.8 Å². The number of amides is 1. The van der Waals surface area contributed by atoms with Gasteiger partial charge in [-0.25, -0.2) is 4.98 Å². The number of nitrogens with one attached hydrogen (secondary N) is 1. The summed E-state index contributed by atoms with van der Waals surface area (Å²) < 4.78 is 7.82. The Balaban J connectivity index is 1.25. The molecule has 0 unspecified atom stereocenters. The van der Waals surface area contributed by atoms with E-state index in [1.54, 1.807) is 23.9 Å². The summed E-state index contributed by atoms with van der Waals surface area (Å²) >= 11 is 1.72. The van der Waals surface area contributed by atoms with E-state index in [4.69, 9.17) is 4.74 Å². The summed E-state index contributed by atoms with van der Waals surface area (Å²) in [4.78, 5) is 18.1. The van der Waals surface area contributed by atoms with Crippen LogP contribution in [0.15, 0.2) is 84.0 Å². The lowest BCUT2D eigenvalue weighted by Crippen LogP contribution is -2.25. The molecule has 1 N–H and O–H groups in total. The number of hydrogen-bond donors (Lipinski definition) is 1. The number of rotatable bonds is 8. The lowest BCUT2D eigenvalue weighted by molar-refractivity contribution is 0.0956. The SMILES string of the molecule is Cc1ccc2nc(COc3ccc(C(=O)NCCSc4ccccc4)cc3)cn2c1. The normalized spacial score (nSPS) is 10.8. The first kappa shape index (κ1) is 20.0. The fraction of sp³-hybridized carbons (Fsp3) is 0.167. The van der Waals surface area contributed by atoms with Crippen LogP contribution in [-0.4, -0.2) is 27.6 Å². The Labute approximate surface area is 180 Å². The molecule has 0 atom stereocenters. The van der Waals surface area contributed by atoms with Gasteiger partial charge < -0.3 is 14.5 Å². The molecule has 0 aliphatic heterocycles. The molecule has 4 rings (SSSR count). The zero-order chi connectivity index (χ0) is 20.8. The van der Waals surface area contributed by atoms with E-state index in [0.717, 1.165) is 17.1 Å². The summed E-state index contributed by atoms with van der Waals surface area (Å²) in [5.41, 5.74) is 3.56. The van der Waals surface area contributed by atoms with Crippen LogP contribution in [-0.2, 0) is 6.61 Å². The molecule has 30 heavy (non-hydrogen) atoms. The number of pyridine rings is 1. The van der Waals surface area contributed by atoms with Crippen LogP contribution in [0.4, 0.5) is 0 Å². The molecule has 0 radical (unpaired) electrons. The van der Waals surface area contributed by atoms with Gasteiger partial charge in [-0.3, -0.25) is 4.79 Å². The van der Waals surface area contributed by atoms with Gasteiger partial charge in [-0.2, -0.15) is 0 Å². The lowest BCUT2D eigenvalue weighted by atomic mass is 10.2. The van der Waals surface area contributed by atoms with E-state index in [1.165, 1.54) is 10.5 Å². The van der Waals surface area contributed by atoms with Crippen molar-refractivity contribution in [2.24, 2.45) is 0 Å². The van der Waals surface area contributed by atoms with Crippen molar-refractivity contribution in [1.82, 2.24) is 14.7 Å².